The molecule has 4 atom stereocenters. The third kappa shape index (κ3) is 6.58. The van der Waals surface area contributed by atoms with Gasteiger partial charge in [0.05, 0.1) is 17.8 Å². The van der Waals surface area contributed by atoms with Gasteiger partial charge in [-0.2, -0.15) is 0 Å². The Kier molecular flexibility index (Phi) is 8.60. The van der Waals surface area contributed by atoms with Crippen LogP contribution in [-0.4, -0.2) is 87.0 Å². The normalized spacial score (nSPS) is 24.2. The molecule has 1 aromatic carbocycles. The number of nitrogens with one attached hydrogen (secondary N) is 2. The molecule has 1 aliphatic carbocycles. The Bertz CT molecular complexity index is 1370. The molecule has 14 heteroatoms. The third-order valence-electron chi connectivity index (χ3n) is 7.74. The number of fused-ring (bicyclic) bond motifs is 1. The summed E-state index contributed by atoms with van der Waals surface area (Å²) in [7, 11) is 0. The van der Waals surface area contributed by atoms with Gasteiger partial charge in [-0.05, 0) is 66.0 Å². The van der Waals surface area contributed by atoms with E-state index in [1.807, 2.05) is 0 Å². The molecule has 2 unspecified atom stereocenters. The highest BCUT2D eigenvalue weighted by Gasteiger charge is 2.61. The van der Waals surface area contributed by atoms with Crippen LogP contribution in [0.2, 0.25) is 0 Å². The number of hydrogen-bond donors (Lipinski definition) is 3. The largest absolute Gasteiger partial charge is 0.479 e. The number of rotatable bonds is 5. The van der Waals surface area contributed by atoms with Crippen molar-refractivity contribution < 1.29 is 42.9 Å². The van der Waals surface area contributed by atoms with Crippen LogP contribution in [0, 0.1) is 11.7 Å². The van der Waals surface area contributed by atoms with E-state index in [9.17, 15) is 33.5 Å². The maximum absolute atomic E-state index is 14.6. The fourth-order valence-corrected chi connectivity index (χ4v) is 5.48. The lowest BCUT2D eigenvalue weighted by Gasteiger charge is -2.39. The quantitative estimate of drug-likeness (QED) is 0.334. The number of ether oxygens (including phenoxy) is 2. The van der Waals surface area contributed by atoms with E-state index in [0.29, 0.717) is 12.0 Å². The first kappa shape index (κ1) is 32.6. The molecule has 1 aromatic rings. The first-order valence-electron chi connectivity index (χ1n) is 14.4. The summed E-state index contributed by atoms with van der Waals surface area (Å²) in [4.78, 5) is 67.9. The van der Waals surface area contributed by atoms with E-state index in [4.69, 9.17) is 9.47 Å². The molecule has 3 N–H and O–H groups in total. The number of carboxylic acids is 1. The van der Waals surface area contributed by atoms with Crippen molar-refractivity contribution in [1.82, 2.24) is 20.7 Å². The molecule has 4 rings (SSSR count). The number of hydrazine groups is 1. The van der Waals surface area contributed by atoms with Crippen molar-refractivity contribution in [2.75, 3.05) is 18.0 Å². The number of carbonyl (C=O) groups is 5. The minimum Gasteiger partial charge on any atom is -0.479 e. The fourth-order valence-electron chi connectivity index (χ4n) is 5.48. The number of carbonyl (C=O) groups excluding carboxylic acids is 4. The van der Waals surface area contributed by atoms with Gasteiger partial charge < -0.3 is 24.8 Å². The zero-order chi connectivity index (χ0) is 32.8. The van der Waals surface area contributed by atoms with Gasteiger partial charge in [-0.1, -0.05) is 18.2 Å². The van der Waals surface area contributed by atoms with Crippen molar-refractivity contribution in [3.63, 3.8) is 0 Å². The summed E-state index contributed by atoms with van der Waals surface area (Å²) in [5.74, 6) is -3.10. The van der Waals surface area contributed by atoms with Crippen LogP contribution in [-0.2, 0) is 25.5 Å². The summed E-state index contributed by atoms with van der Waals surface area (Å²) < 4.78 is 25.6. The zero-order valence-electron chi connectivity index (χ0n) is 25.8. The fraction of sp³-hybridized carbons (Fsp3) is 0.567. The van der Waals surface area contributed by atoms with Crippen molar-refractivity contribution in [3.8, 4) is 0 Å². The lowest BCUT2D eigenvalue weighted by molar-refractivity contribution is -0.144. The lowest BCUT2D eigenvalue weighted by atomic mass is 10.1. The Labute approximate surface area is 255 Å². The molecule has 3 aliphatic rings. The number of amides is 5. The Morgan fingerprint density at radius 2 is 1.84 bits per heavy atom. The van der Waals surface area contributed by atoms with Crippen LogP contribution >= 0.6 is 0 Å². The average Bonchev–Trinajstić information content (AvgIpc) is 3.22. The van der Waals surface area contributed by atoms with Crippen molar-refractivity contribution >= 4 is 35.8 Å². The van der Waals surface area contributed by atoms with Crippen LogP contribution < -0.4 is 15.6 Å². The molecule has 240 valence electrons. The number of benzene rings is 1. The topological polar surface area (TPSA) is 158 Å². The first-order chi connectivity index (χ1) is 20.4. The number of hydrogen-bond acceptors (Lipinski definition) is 7. The molecule has 1 saturated heterocycles. The molecule has 0 radical (unpaired) electrons. The SMILES string of the molecule is C=C[C@@H]1CC1(NC(=O)[C@@H]1CC(OC(=O)N2CCc3cccc(F)c32)CN1C(=O)N(NC(=O)OC(C)(C)C)C(C)(C)C)C(=O)O. The van der Waals surface area contributed by atoms with Crippen molar-refractivity contribution in [1.29, 1.82) is 0 Å². The van der Waals surface area contributed by atoms with Gasteiger partial charge in [0.2, 0.25) is 5.91 Å². The molecule has 0 aromatic heterocycles. The molecule has 44 heavy (non-hydrogen) atoms. The molecule has 5 amide bonds. The molecular formula is C30H40FN5O8. The molecular weight excluding hydrogens is 577 g/mol. The number of anilines is 1. The van der Waals surface area contributed by atoms with E-state index >= 15 is 0 Å². The van der Waals surface area contributed by atoms with Crippen LogP contribution in [0.3, 0.4) is 0 Å². The Hall–Kier alpha value is -4.36. The predicted octanol–water partition coefficient (Wildman–Crippen LogP) is 3.57. The summed E-state index contributed by atoms with van der Waals surface area (Å²) >= 11 is 0. The smallest absolute Gasteiger partial charge is 0.426 e. The Morgan fingerprint density at radius 3 is 2.41 bits per heavy atom. The summed E-state index contributed by atoms with van der Waals surface area (Å²) in [6, 6.07) is 2.44. The van der Waals surface area contributed by atoms with Gasteiger partial charge in [0.1, 0.15) is 29.1 Å². The zero-order valence-corrected chi connectivity index (χ0v) is 25.8. The highest BCUT2D eigenvalue weighted by Crippen LogP contribution is 2.45. The van der Waals surface area contributed by atoms with Gasteiger partial charge in [0, 0.05) is 18.9 Å². The van der Waals surface area contributed by atoms with E-state index in [-0.39, 0.29) is 31.6 Å². The Balaban J connectivity index is 1.59. The van der Waals surface area contributed by atoms with Crippen molar-refractivity contribution in [2.24, 2.45) is 5.92 Å². The number of halogens is 1. The predicted molar refractivity (Wildman–Crippen MR) is 156 cm³/mol. The number of carboxylic acid groups (broad SMARTS) is 1. The van der Waals surface area contributed by atoms with E-state index in [1.54, 1.807) is 53.7 Å². The van der Waals surface area contributed by atoms with Crippen molar-refractivity contribution in [3.05, 3.63) is 42.2 Å². The average molecular weight is 618 g/mol. The highest BCUT2D eigenvalue weighted by atomic mass is 19.1. The van der Waals surface area contributed by atoms with Crippen LogP contribution in [0.15, 0.2) is 30.9 Å². The maximum Gasteiger partial charge on any atom is 0.426 e. The second-order valence-corrected chi connectivity index (χ2v) is 13.3. The van der Waals surface area contributed by atoms with E-state index < -0.39 is 70.7 Å². The standard InChI is InChI=1S/C30H40FN5O8/c1-8-18-15-30(18,24(38)39)32-23(37)21-14-19(43-27(42)34-13-12-17-10-9-11-20(31)22(17)34)16-35(21)26(41)36(28(2,3)4)33-25(40)44-29(5,6)7/h8-11,18-19,21H,1,12-16H2,2-7H3,(H,32,37)(H,33,40)(H,38,39)/t18-,19?,21+,30?/m1/s1. The van der Waals surface area contributed by atoms with Gasteiger partial charge in [0.25, 0.3) is 0 Å². The number of likely N-dealkylation sites (tertiary alicyclic amines) is 1. The minimum absolute atomic E-state index is 0.116. The second kappa shape index (κ2) is 11.6. The monoisotopic (exact) mass is 617 g/mol. The highest BCUT2D eigenvalue weighted by molar-refractivity contribution is 5.95. The summed E-state index contributed by atoms with van der Waals surface area (Å²) in [6.07, 6.45) is -0.920. The van der Waals surface area contributed by atoms with Gasteiger partial charge in [0.15, 0.2) is 0 Å². The third-order valence-corrected chi connectivity index (χ3v) is 7.74. The van der Waals surface area contributed by atoms with Gasteiger partial charge in [-0.25, -0.2) is 34.0 Å². The van der Waals surface area contributed by atoms with Crippen LogP contribution in [0.4, 0.5) is 24.5 Å². The van der Waals surface area contributed by atoms with Crippen LogP contribution in [0.25, 0.3) is 0 Å². The molecule has 1 saturated carbocycles. The summed E-state index contributed by atoms with van der Waals surface area (Å²) in [5.41, 5.74) is -0.230. The minimum atomic E-state index is -1.57. The summed E-state index contributed by atoms with van der Waals surface area (Å²) in [6.45, 7) is 13.5. The molecule has 2 fully saturated rings. The first-order valence-corrected chi connectivity index (χ1v) is 14.4. The van der Waals surface area contributed by atoms with Gasteiger partial charge >= 0.3 is 24.2 Å². The second-order valence-electron chi connectivity index (χ2n) is 13.3. The van der Waals surface area contributed by atoms with Crippen LogP contribution in [0.1, 0.15) is 59.9 Å². The van der Waals surface area contributed by atoms with Crippen LogP contribution in [0.5, 0.6) is 0 Å². The number of para-hydroxylation sites is 1. The molecule has 0 spiro atoms. The van der Waals surface area contributed by atoms with E-state index in [1.165, 1.54) is 17.0 Å². The summed E-state index contributed by atoms with van der Waals surface area (Å²) in [5, 5.41) is 13.4. The molecule has 2 aliphatic heterocycles. The van der Waals surface area contributed by atoms with E-state index in [0.717, 1.165) is 9.91 Å². The molecule has 0 bridgehead atoms. The van der Waals surface area contributed by atoms with E-state index in [2.05, 4.69) is 17.3 Å². The van der Waals surface area contributed by atoms with Crippen molar-refractivity contribution in [2.45, 2.75) is 89.6 Å². The number of nitrogens with zero attached hydrogens (tertiary/aromatic N) is 3. The maximum atomic E-state index is 14.6. The lowest BCUT2D eigenvalue weighted by Crippen LogP contribution is -2.62. The van der Waals surface area contributed by atoms with Gasteiger partial charge in [-0.3, -0.25) is 9.69 Å². The van der Waals surface area contributed by atoms with Gasteiger partial charge in [-0.15, -0.1) is 6.58 Å². The molecule has 2 heterocycles. The molecule has 13 nitrogen and oxygen atoms in total. The Morgan fingerprint density at radius 1 is 1.16 bits per heavy atom. The number of urea groups is 1. The number of aliphatic carboxylic acids is 1.